The molecule has 1 aliphatic heterocycles. The number of hydrogen-bond acceptors (Lipinski definition) is 4. The highest BCUT2D eigenvalue weighted by Gasteiger charge is 2.28. The van der Waals surface area contributed by atoms with Gasteiger partial charge in [0.1, 0.15) is 4.88 Å². The van der Waals surface area contributed by atoms with Gasteiger partial charge in [0.2, 0.25) is 0 Å². The number of amides is 1. The van der Waals surface area contributed by atoms with E-state index in [1.54, 1.807) is 16.6 Å². The van der Waals surface area contributed by atoms with Crippen LogP contribution in [0.15, 0.2) is 11.7 Å². The predicted molar refractivity (Wildman–Crippen MR) is 57.8 cm³/mol. The highest BCUT2D eigenvalue weighted by atomic mass is 32.1. The minimum atomic E-state index is -0.393. The van der Waals surface area contributed by atoms with Crippen molar-refractivity contribution in [2.24, 2.45) is 5.92 Å². The summed E-state index contributed by atoms with van der Waals surface area (Å²) < 4.78 is 0. The lowest BCUT2D eigenvalue weighted by Gasteiger charge is -2.33. The van der Waals surface area contributed by atoms with E-state index in [1.165, 1.54) is 11.3 Å². The number of aliphatic hydroxyl groups excluding tert-OH is 1. The molecule has 15 heavy (non-hydrogen) atoms. The van der Waals surface area contributed by atoms with Crippen LogP contribution in [0.2, 0.25) is 0 Å². The number of aliphatic hydroxyl groups is 1. The third-order valence-corrected chi connectivity index (χ3v) is 3.61. The number of aromatic nitrogens is 1. The molecule has 2 unspecified atom stereocenters. The van der Waals surface area contributed by atoms with Gasteiger partial charge in [-0.1, -0.05) is 6.92 Å². The molecular weight excluding hydrogens is 212 g/mol. The molecule has 1 N–H and O–H groups in total. The van der Waals surface area contributed by atoms with Crippen LogP contribution in [0.5, 0.6) is 0 Å². The largest absolute Gasteiger partial charge is 0.391 e. The van der Waals surface area contributed by atoms with Gasteiger partial charge in [-0.2, -0.15) is 0 Å². The SMILES string of the molecule is CC1CCN(C(=O)c2cncs2)CC1O. The minimum absolute atomic E-state index is 0.0107. The molecule has 0 aromatic carbocycles. The first-order valence-electron chi connectivity index (χ1n) is 5.04. The Bertz CT molecular complexity index is 339. The quantitative estimate of drug-likeness (QED) is 0.777. The van der Waals surface area contributed by atoms with Crippen molar-refractivity contribution in [2.75, 3.05) is 13.1 Å². The Morgan fingerprint density at radius 2 is 2.53 bits per heavy atom. The Balaban J connectivity index is 2.03. The van der Waals surface area contributed by atoms with Crippen molar-refractivity contribution in [3.63, 3.8) is 0 Å². The monoisotopic (exact) mass is 226 g/mol. The molecule has 0 spiro atoms. The maximum atomic E-state index is 11.9. The number of rotatable bonds is 1. The second-order valence-corrected chi connectivity index (χ2v) is 4.84. The van der Waals surface area contributed by atoms with Gasteiger partial charge in [-0.25, -0.2) is 0 Å². The normalized spacial score (nSPS) is 26.7. The standard InChI is InChI=1S/C10H14N2O2S/c1-7-2-3-12(5-8(7)13)10(14)9-4-11-6-15-9/h4,6-8,13H,2-3,5H2,1H3. The molecule has 2 atom stereocenters. The van der Waals surface area contributed by atoms with Gasteiger partial charge < -0.3 is 10.0 Å². The van der Waals surface area contributed by atoms with Crippen LogP contribution < -0.4 is 0 Å². The fourth-order valence-corrected chi connectivity index (χ4v) is 2.30. The number of piperidine rings is 1. The van der Waals surface area contributed by atoms with Crippen molar-refractivity contribution in [1.82, 2.24) is 9.88 Å². The second kappa shape index (κ2) is 4.28. The van der Waals surface area contributed by atoms with E-state index in [4.69, 9.17) is 0 Å². The molecule has 1 fully saturated rings. The predicted octanol–water partition coefficient (Wildman–Crippen LogP) is 0.986. The van der Waals surface area contributed by atoms with Crippen LogP contribution in [0.25, 0.3) is 0 Å². The summed E-state index contributed by atoms with van der Waals surface area (Å²) in [6.07, 6.45) is 2.05. The summed E-state index contributed by atoms with van der Waals surface area (Å²) >= 11 is 1.34. The third kappa shape index (κ3) is 2.18. The average molecular weight is 226 g/mol. The zero-order valence-electron chi connectivity index (χ0n) is 8.59. The Labute approximate surface area is 92.6 Å². The van der Waals surface area contributed by atoms with E-state index >= 15 is 0 Å². The van der Waals surface area contributed by atoms with Crippen molar-refractivity contribution < 1.29 is 9.90 Å². The summed E-state index contributed by atoms with van der Waals surface area (Å²) in [5, 5.41) is 9.69. The maximum Gasteiger partial charge on any atom is 0.265 e. The van der Waals surface area contributed by atoms with Gasteiger partial charge in [-0.05, 0) is 12.3 Å². The first kappa shape index (κ1) is 10.6. The van der Waals surface area contributed by atoms with Crippen molar-refractivity contribution in [2.45, 2.75) is 19.4 Å². The van der Waals surface area contributed by atoms with E-state index in [0.29, 0.717) is 11.4 Å². The van der Waals surface area contributed by atoms with Crippen LogP contribution in [0.1, 0.15) is 23.0 Å². The fourth-order valence-electron chi connectivity index (χ4n) is 1.71. The lowest BCUT2D eigenvalue weighted by atomic mass is 9.96. The van der Waals surface area contributed by atoms with Crippen LogP contribution in [-0.2, 0) is 0 Å². The molecule has 1 aromatic heterocycles. The van der Waals surface area contributed by atoms with Gasteiger partial charge in [0.15, 0.2) is 0 Å². The van der Waals surface area contributed by atoms with Crippen LogP contribution in [-0.4, -0.2) is 40.1 Å². The van der Waals surface area contributed by atoms with E-state index in [0.717, 1.165) is 13.0 Å². The van der Waals surface area contributed by atoms with E-state index in [2.05, 4.69) is 4.98 Å². The summed E-state index contributed by atoms with van der Waals surface area (Å²) in [7, 11) is 0. The first-order chi connectivity index (χ1) is 7.18. The molecule has 5 heteroatoms. The molecule has 4 nitrogen and oxygen atoms in total. The number of nitrogens with zero attached hydrogens (tertiary/aromatic N) is 2. The Morgan fingerprint density at radius 1 is 1.73 bits per heavy atom. The molecule has 1 saturated heterocycles. The van der Waals surface area contributed by atoms with Crippen LogP contribution in [0.4, 0.5) is 0 Å². The molecule has 1 aromatic rings. The first-order valence-corrected chi connectivity index (χ1v) is 5.92. The molecule has 1 amide bonds. The number of hydrogen-bond donors (Lipinski definition) is 1. The molecular formula is C10H14N2O2S. The number of carbonyl (C=O) groups excluding carboxylic acids is 1. The minimum Gasteiger partial charge on any atom is -0.391 e. The molecule has 2 rings (SSSR count). The van der Waals surface area contributed by atoms with Crippen molar-refractivity contribution >= 4 is 17.2 Å². The van der Waals surface area contributed by atoms with Crippen molar-refractivity contribution in [1.29, 1.82) is 0 Å². The van der Waals surface area contributed by atoms with Gasteiger partial charge in [-0.15, -0.1) is 11.3 Å². The number of thiazole rings is 1. The number of carbonyl (C=O) groups is 1. The lowest BCUT2D eigenvalue weighted by molar-refractivity contribution is 0.0251. The summed E-state index contributed by atoms with van der Waals surface area (Å²) in [4.78, 5) is 18.1. The second-order valence-electron chi connectivity index (χ2n) is 3.95. The molecule has 82 valence electrons. The average Bonchev–Trinajstić information content (AvgIpc) is 2.74. The van der Waals surface area contributed by atoms with E-state index in [1.807, 2.05) is 6.92 Å². The van der Waals surface area contributed by atoms with Gasteiger partial charge in [-0.3, -0.25) is 9.78 Å². The van der Waals surface area contributed by atoms with Crippen molar-refractivity contribution in [3.8, 4) is 0 Å². The van der Waals surface area contributed by atoms with Gasteiger partial charge in [0.25, 0.3) is 5.91 Å². The van der Waals surface area contributed by atoms with E-state index in [-0.39, 0.29) is 11.8 Å². The topological polar surface area (TPSA) is 53.4 Å². The molecule has 1 aliphatic rings. The Kier molecular flexibility index (Phi) is 3.02. The maximum absolute atomic E-state index is 11.9. The molecule has 0 bridgehead atoms. The summed E-state index contributed by atoms with van der Waals surface area (Å²) in [6.45, 7) is 3.19. The van der Waals surface area contributed by atoms with Crippen LogP contribution in [0.3, 0.4) is 0 Å². The molecule has 2 heterocycles. The van der Waals surface area contributed by atoms with Gasteiger partial charge in [0, 0.05) is 13.1 Å². The molecule has 0 radical (unpaired) electrons. The van der Waals surface area contributed by atoms with E-state index in [9.17, 15) is 9.90 Å². The van der Waals surface area contributed by atoms with E-state index < -0.39 is 6.10 Å². The summed E-state index contributed by atoms with van der Waals surface area (Å²) in [6, 6.07) is 0. The highest BCUT2D eigenvalue weighted by molar-refractivity contribution is 7.11. The van der Waals surface area contributed by atoms with Crippen LogP contribution >= 0.6 is 11.3 Å². The zero-order valence-corrected chi connectivity index (χ0v) is 9.41. The third-order valence-electron chi connectivity index (χ3n) is 2.85. The Morgan fingerprint density at radius 3 is 3.13 bits per heavy atom. The van der Waals surface area contributed by atoms with Gasteiger partial charge in [0.05, 0.1) is 17.8 Å². The van der Waals surface area contributed by atoms with Gasteiger partial charge >= 0.3 is 0 Å². The molecule has 0 aliphatic carbocycles. The van der Waals surface area contributed by atoms with Crippen molar-refractivity contribution in [3.05, 3.63) is 16.6 Å². The number of likely N-dealkylation sites (tertiary alicyclic amines) is 1. The highest BCUT2D eigenvalue weighted by Crippen LogP contribution is 2.19. The Hall–Kier alpha value is -0.940. The van der Waals surface area contributed by atoms with Crippen LogP contribution in [0, 0.1) is 5.92 Å². The lowest BCUT2D eigenvalue weighted by Crippen LogP contribution is -2.45. The fraction of sp³-hybridized carbons (Fsp3) is 0.600. The summed E-state index contributed by atoms with van der Waals surface area (Å²) in [5.41, 5.74) is 1.65. The number of β-amino-alcohol motifs (C(OH)–C–C–N with tert-alkyl or cyclic N) is 1. The summed E-state index contributed by atoms with van der Waals surface area (Å²) in [5.74, 6) is 0.277. The zero-order chi connectivity index (χ0) is 10.8. The smallest absolute Gasteiger partial charge is 0.265 e. The molecule has 0 saturated carbocycles.